The number of rotatable bonds is 7. The lowest BCUT2D eigenvalue weighted by molar-refractivity contribution is -0.176. The SMILES string of the molecule is CN=C(NCc1cccc(COCC(F)(F)F)c1)NC1CCN(c2ncccc2F)C1.I. The Hall–Kier alpha value is -2.15. The summed E-state index contributed by atoms with van der Waals surface area (Å²) < 4.78 is 55.3. The summed E-state index contributed by atoms with van der Waals surface area (Å²) in [6.07, 6.45) is -1.96. The van der Waals surface area contributed by atoms with E-state index in [1.54, 1.807) is 37.5 Å². The van der Waals surface area contributed by atoms with Gasteiger partial charge in [0.2, 0.25) is 0 Å². The fourth-order valence-corrected chi connectivity index (χ4v) is 3.37. The summed E-state index contributed by atoms with van der Waals surface area (Å²) in [6.45, 7) is 0.344. The first-order valence-electron chi connectivity index (χ1n) is 9.89. The molecule has 1 atom stereocenters. The molecule has 1 aliphatic heterocycles. The molecule has 1 fully saturated rings. The lowest BCUT2D eigenvalue weighted by atomic mass is 10.1. The van der Waals surface area contributed by atoms with Crippen LogP contribution in [0.3, 0.4) is 0 Å². The van der Waals surface area contributed by atoms with Crippen LogP contribution in [0.5, 0.6) is 0 Å². The van der Waals surface area contributed by atoms with Crippen LogP contribution in [0.15, 0.2) is 47.6 Å². The third kappa shape index (κ3) is 8.08. The number of pyridine rings is 1. The second kappa shape index (κ2) is 12.2. The van der Waals surface area contributed by atoms with Crippen molar-refractivity contribution in [3.05, 3.63) is 59.5 Å². The van der Waals surface area contributed by atoms with E-state index < -0.39 is 12.8 Å². The number of hydrogen-bond acceptors (Lipinski definition) is 4. The number of aliphatic imine (C=N–C) groups is 1. The third-order valence-electron chi connectivity index (χ3n) is 4.78. The number of nitrogens with zero attached hydrogens (tertiary/aromatic N) is 3. The van der Waals surface area contributed by atoms with Crippen LogP contribution in [0.1, 0.15) is 17.5 Å². The van der Waals surface area contributed by atoms with E-state index in [0.717, 1.165) is 12.0 Å². The van der Waals surface area contributed by atoms with Crippen molar-refractivity contribution in [2.45, 2.75) is 31.8 Å². The van der Waals surface area contributed by atoms with Crippen molar-refractivity contribution >= 4 is 35.8 Å². The molecule has 1 unspecified atom stereocenters. The predicted molar refractivity (Wildman–Crippen MR) is 126 cm³/mol. The van der Waals surface area contributed by atoms with E-state index in [9.17, 15) is 17.6 Å². The van der Waals surface area contributed by atoms with Crippen LogP contribution in [-0.4, -0.2) is 49.9 Å². The summed E-state index contributed by atoms with van der Waals surface area (Å²) in [4.78, 5) is 10.2. The van der Waals surface area contributed by atoms with Gasteiger partial charge in [-0.3, -0.25) is 4.99 Å². The van der Waals surface area contributed by atoms with Crippen LogP contribution in [0.2, 0.25) is 0 Å². The normalized spacial score (nSPS) is 16.6. The molecule has 0 saturated carbocycles. The molecule has 1 saturated heterocycles. The van der Waals surface area contributed by atoms with Gasteiger partial charge in [0.05, 0.1) is 6.61 Å². The summed E-state index contributed by atoms with van der Waals surface area (Å²) in [5, 5.41) is 6.51. The molecule has 1 aromatic heterocycles. The van der Waals surface area contributed by atoms with Crippen LogP contribution in [0, 0.1) is 5.82 Å². The molecule has 2 N–H and O–H groups in total. The average molecular weight is 567 g/mol. The van der Waals surface area contributed by atoms with Gasteiger partial charge in [0, 0.05) is 38.9 Å². The van der Waals surface area contributed by atoms with Crippen molar-refractivity contribution in [3.63, 3.8) is 0 Å². The number of benzene rings is 1. The van der Waals surface area contributed by atoms with Gasteiger partial charge in [-0.15, -0.1) is 24.0 Å². The van der Waals surface area contributed by atoms with E-state index in [1.165, 1.54) is 6.07 Å². The highest BCUT2D eigenvalue weighted by molar-refractivity contribution is 14.0. The van der Waals surface area contributed by atoms with Crippen molar-refractivity contribution in [3.8, 4) is 0 Å². The van der Waals surface area contributed by atoms with Crippen LogP contribution in [0.4, 0.5) is 23.4 Å². The number of nitrogens with one attached hydrogen (secondary N) is 2. The van der Waals surface area contributed by atoms with E-state index in [-0.39, 0.29) is 42.4 Å². The summed E-state index contributed by atoms with van der Waals surface area (Å²) in [5.74, 6) is 0.594. The molecule has 0 radical (unpaired) electrons. The fraction of sp³-hybridized carbons (Fsp3) is 0.429. The number of alkyl halides is 3. The molecule has 3 rings (SSSR count). The zero-order chi connectivity index (χ0) is 22.3. The molecule has 0 spiro atoms. The molecule has 2 heterocycles. The largest absolute Gasteiger partial charge is 0.411 e. The zero-order valence-electron chi connectivity index (χ0n) is 17.5. The first kappa shape index (κ1) is 26.1. The number of aromatic nitrogens is 1. The number of ether oxygens (including phenoxy) is 1. The highest BCUT2D eigenvalue weighted by Gasteiger charge is 2.27. The molecular weight excluding hydrogens is 541 g/mol. The molecule has 11 heteroatoms. The molecule has 0 amide bonds. The minimum Gasteiger partial charge on any atom is -0.367 e. The van der Waals surface area contributed by atoms with Gasteiger partial charge >= 0.3 is 6.18 Å². The Bertz CT molecular complexity index is 896. The lowest BCUT2D eigenvalue weighted by Gasteiger charge is -2.20. The monoisotopic (exact) mass is 567 g/mol. The maximum atomic E-state index is 13.9. The molecular formula is C21H26F4IN5O. The van der Waals surface area contributed by atoms with Crippen molar-refractivity contribution in [1.82, 2.24) is 15.6 Å². The van der Waals surface area contributed by atoms with E-state index >= 15 is 0 Å². The second-order valence-corrected chi connectivity index (χ2v) is 7.24. The Morgan fingerprint density at radius 3 is 2.75 bits per heavy atom. The highest BCUT2D eigenvalue weighted by Crippen LogP contribution is 2.21. The number of anilines is 1. The minimum atomic E-state index is -4.34. The Morgan fingerprint density at radius 1 is 1.25 bits per heavy atom. The van der Waals surface area contributed by atoms with Gasteiger partial charge in [0.15, 0.2) is 17.6 Å². The van der Waals surface area contributed by atoms with Crippen LogP contribution >= 0.6 is 24.0 Å². The summed E-state index contributed by atoms with van der Waals surface area (Å²) in [5.41, 5.74) is 1.55. The minimum absolute atomic E-state index is 0. The van der Waals surface area contributed by atoms with E-state index in [4.69, 9.17) is 4.74 Å². The van der Waals surface area contributed by atoms with Crippen LogP contribution in [-0.2, 0) is 17.9 Å². The summed E-state index contributed by atoms with van der Waals surface area (Å²) >= 11 is 0. The first-order valence-corrected chi connectivity index (χ1v) is 9.89. The Kier molecular flexibility index (Phi) is 9.94. The lowest BCUT2D eigenvalue weighted by Crippen LogP contribution is -2.44. The molecule has 176 valence electrons. The van der Waals surface area contributed by atoms with Crippen LogP contribution < -0.4 is 15.5 Å². The molecule has 1 aromatic carbocycles. The van der Waals surface area contributed by atoms with Crippen LogP contribution in [0.25, 0.3) is 0 Å². The summed E-state index contributed by atoms with van der Waals surface area (Å²) in [7, 11) is 1.65. The van der Waals surface area contributed by atoms with E-state index in [2.05, 4.69) is 20.6 Å². The Labute approximate surface area is 201 Å². The van der Waals surface area contributed by atoms with Gasteiger partial charge in [-0.2, -0.15) is 13.2 Å². The van der Waals surface area contributed by atoms with Gasteiger partial charge in [-0.05, 0) is 29.7 Å². The third-order valence-corrected chi connectivity index (χ3v) is 4.78. The van der Waals surface area contributed by atoms with Crippen molar-refractivity contribution in [2.24, 2.45) is 4.99 Å². The van der Waals surface area contributed by atoms with E-state index in [1.807, 2.05) is 11.0 Å². The quantitative estimate of drug-likeness (QED) is 0.231. The fourth-order valence-electron chi connectivity index (χ4n) is 3.37. The highest BCUT2D eigenvalue weighted by atomic mass is 127. The molecule has 0 bridgehead atoms. The second-order valence-electron chi connectivity index (χ2n) is 7.24. The topological polar surface area (TPSA) is 61.8 Å². The Morgan fingerprint density at radius 2 is 2.03 bits per heavy atom. The zero-order valence-corrected chi connectivity index (χ0v) is 19.9. The smallest absolute Gasteiger partial charge is 0.367 e. The van der Waals surface area contributed by atoms with Crippen molar-refractivity contribution < 1.29 is 22.3 Å². The number of halogens is 5. The molecule has 6 nitrogen and oxygen atoms in total. The van der Waals surface area contributed by atoms with Gasteiger partial charge in [-0.25, -0.2) is 9.37 Å². The number of hydrogen-bond donors (Lipinski definition) is 2. The maximum absolute atomic E-state index is 13.9. The number of guanidine groups is 1. The molecule has 32 heavy (non-hydrogen) atoms. The van der Waals surface area contributed by atoms with Crippen molar-refractivity contribution in [1.29, 1.82) is 0 Å². The molecule has 0 aliphatic carbocycles. The summed E-state index contributed by atoms with van der Waals surface area (Å²) in [6, 6.07) is 10.2. The molecule has 2 aromatic rings. The predicted octanol–water partition coefficient (Wildman–Crippen LogP) is 3.86. The van der Waals surface area contributed by atoms with Gasteiger partial charge in [-0.1, -0.05) is 24.3 Å². The Balaban J connectivity index is 0.00000363. The molecule has 1 aliphatic rings. The van der Waals surface area contributed by atoms with Gasteiger partial charge in [0.1, 0.15) is 6.61 Å². The van der Waals surface area contributed by atoms with E-state index in [0.29, 0.717) is 37.0 Å². The standard InChI is InChI=1S/C21H25F4N5O.HI/c1-26-20(29-17-7-9-30(12-17)19-18(22)6-3-8-27-19)28-11-15-4-2-5-16(10-15)13-31-14-21(23,24)25;/h2-6,8,10,17H,7,9,11-14H2,1H3,(H2,26,28,29);1H. The maximum Gasteiger partial charge on any atom is 0.411 e. The van der Waals surface area contributed by atoms with Gasteiger partial charge < -0.3 is 20.3 Å². The average Bonchev–Trinajstić information content (AvgIpc) is 3.19. The van der Waals surface area contributed by atoms with Crippen molar-refractivity contribution in [2.75, 3.05) is 31.6 Å². The first-order chi connectivity index (χ1) is 14.8. The van der Waals surface area contributed by atoms with Gasteiger partial charge in [0.25, 0.3) is 0 Å².